The Morgan fingerprint density at radius 3 is 1.48 bits per heavy atom. The molecule has 0 N–H and O–H groups in total. The standard InChI is InChI=1S/2C18H23NO/c1-18(20-15-14-19(2)3,16-10-6-4-7-11-16)17-12-8-5-9-13-17;1-15-9-11-17(12-10-15)18(20-14-13-19(2)3)16-7-5-4-6-8-16/h4-13H,14-15H2,1-3H3;4-12,18H,13-14H2,1-3H3. The summed E-state index contributed by atoms with van der Waals surface area (Å²) >= 11 is 0. The lowest BCUT2D eigenvalue weighted by Gasteiger charge is -2.31. The van der Waals surface area contributed by atoms with Crippen molar-refractivity contribution in [1.82, 2.24) is 9.80 Å². The Bertz CT molecular complexity index is 1170. The number of aryl methyl sites for hydroxylation is 1. The molecule has 40 heavy (non-hydrogen) atoms. The van der Waals surface area contributed by atoms with Crippen LogP contribution in [-0.4, -0.2) is 64.3 Å². The molecular formula is C36H46N2O2. The molecule has 0 amide bonds. The second-order valence-electron chi connectivity index (χ2n) is 10.8. The van der Waals surface area contributed by atoms with E-state index in [4.69, 9.17) is 9.47 Å². The Morgan fingerprint density at radius 1 is 0.575 bits per heavy atom. The molecule has 4 aromatic carbocycles. The summed E-state index contributed by atoms with van der Waals surface area (Å²) in [5.41, 5.74) is 5.65. The topological polar surface area (TPSA) is 24.9 Å². The van der Waals surface area contributed by atoms with Crippen molar-refractivity contribution in [3.63, 3.8) is 0 Å². The second-order valence-corrected chi connectivity index (χ2v) is 10.8. The van der Waals surface area contributed by atoms with Crippen LogP contribution in [0, 0.1) is 6.92 Å². The molecule has 0 heterocycles. The van der Waals surface area contributed by atoms with Crippen LogP contribution >= 0.6 is 0 Å². The molecule has 1 atom stereocenters. The predicted octanol–water partition coefficient (Wildman–Crippen LogP) is 7.19. The first kappa shape index (κ1) is 31.3. The molecule has 4 heteroatoms. The monoisotopic (exact) mass is 538 g/mol. The number of rotatable bonds is 12. The van der Waals surface area contributed by atoms with Crippen LogP contribution in [0.4, 0.5) is 0 Å². The maximum atomic E-state index is 6.27. The van der Waals surface area contributed by atoms with E-state index in [2.05, 4.69) is 149 Å². The SMILES string of the molecule is CN(C)CCOC(C)(c1ccccc1)c1ccccc1.Cc1ccc(C(OCCN(C)C)c2ccccc2)cc1. The van der Waals surface area contributed by atoms with E-state index < -0.39 is 5.60 Å². The molecular weight excluding hydrogens is 492 g/mol. The van der Waals surface area contributed by atoms with Crippen molar-refractivity contribution in [2.24, 2.45) is 0 Å². The van der Waals surface area contributed by atoms with Gasteiger partial charge in [-0.05, 0) is 64.3 Å². The fourth-order valence-electron chi connectivity index (χ4n) is 4.39. The Labute approximate surface area is 242 Å². The van der Waals surface area contributed by atoms with E-state index >= 15 is 0 Å². The van der Waals surface area contributed by atoms with Gasteiger partial charge in [0.2, 0.25) is 0 Å². The first-order chi connectivity index (χ1) is 19.3. The van der Waals surface area contributed by atoms with E-state index in [-0.39, 0.29) is 6.10 Å². The fraction of sp³-hybridized carbons (Fsp3) is 0.333. The fourth-order valence-corrected chi connectivity index (χ4v) is 4.39. The van der Waals surface area contributed by atoms with Crippen LogP contribution < -0.4 is 0 Å². The molecule has 0 aromatic heterocycles. The minimum atomic E-state index is -0.404. The molecule has 0 fully saturated rings. The number of benzene rings is 4. The van der Waals surface area contributed by atoms with E-state index in [9.17, 15) is 0 Å². The van der Waals surface area contributed by atoms with Gasteiger partial charge in [-0.25, -0.2) is 0 Å². The summed E-state index contributed by atoms with van der Waals surface area (Å²) in [7, 11) is 8.25. The molecule has 0 radical (unpaired) electrons. The Kier molecular flexibility index (Phi) is 12.6. The van der Waals surface area contributed by atoms with Gasteiger partial charge in [0.05, 0.1) is 13.2 Å². The maximum Gasteiger partial charge on any atom is 0.115 e. The first-order valence-electron chi connectivity index (χ1n) is 14.1. The van der Waals surface area contributed by atoms with E-state index in [1.807, 2.05) is 18.2 Å². The molecule has 1 unspecified atom stereocenters. The smallest absolute Gasteiger partial charge is 0.115 e. The highest BCUT2D eigenvalue weighted by molar-refractivity contribution is 5.35. The molecule has 4 aromatic rings. The molecule has 0 saturated heterocycles. The zero-order valence-corrected chi connectivity index (χ0v) is 25.1. The number of ether oxygens (including phenoxy) is 2. The molecule has 0 aliphatic rings. The van der Waals surface area contributed by atoms with Crippen molar-refractivity contribution < 1.29 is 9.47 Å². The quantitative estimate of drug-likeness (QED) is 0.191. The Hall–Kier alpha value is -3.28. The van der Waals surface area contributed by atoms with Gasteiger partial charge in [0.25, 0.3) is 0 Å². The summed E-state index contributed by atoms with van der Waals surface area (Å²) in [6.45, 7) is 7.51. The highest BCUT2D eigenvalue weighted by Gasteiger charge is 2.29. The normalized spacial score (nSPS) is 12.2. The van der Waals surface area contributed by atoms with Gasteiger partial charge < -0.3 is 19.3 Å². The van der Waals surface area contributed by atoms with E-state index in [1.54, 1.807) is 0 Å². The molecule has 0 spiro atoms. The van der Waals surface area contributed by atoms with Gasteiger partial charge >= 0.3 is 0 Å². The zero-order chi connectivity index (χ0) is 28.8. The summed E-state index contributed by atoms with van der Waals surface area (Å²) in [5, 5.41) is 0. The van der Waals surface area contributed by atoms with Crippen LogP contribution in [0.15, 0.2) is 115 Å². The van der Waals surface area contributed by atoms with Crippen LogP contribution in [0.1, 0.15) is 40.8 Å². The van der Waals surface area contributed by atoms with Crippen LogP contribution in [0.25, 0.3) is 0 Å². The van der Waals surface area contributed by atoms with E-state index in [1.165, 1.54) is 27.8 Å². The number of nitrogens with zero attached hydrogens (tertiary/aromatic N) is 2. The first-order valence-corrected chi connectivity index (χ1v) is 14.1. The molecule has 0 aliphatic heterocycles. The number of hydrogen-bond acceptors (Lipinski definition) is 4. The zero-order valence-electron chi connectivity index (χ0n) is 25.1. The maximum absolute atomic E-state index is 6.27. The van der Waals surface area contributed by atoms with Crippen molar-refractivity contribution in [1.29, 1.82) is 0 Å². The Balaban J connectivity index is 0.000000220. The molecule has 0 aliphatic carbocycles. The highest BCUT2D eigenvalue weighted by Crippen LogP contribution is 2.33. The van der Waals surface area contributed by atoms with E-state index in [0.717, 1.165) is 19.7 Å². The summed E-state index contributed by atoms with van der Waals surface area (Å²) in [6, 6.07) is 39.8. The van der Waals surface area contributed by atoms with Crippen molar-refractivity contribution in [3.8, 4) is 0 Å². The summed E-state index contributed by atoms with van der Waals surface area (Å²) in [4.78, 5) is 4.27. The van der Waals surface area contributed by atoms with Gasteiger partial charge in [0, 0.05) is 13.1 Å². The van der Waals surface area contributed by atoms with Gasteiger partial charge in [0.15, 0.2) is 0 Å². The minimum absolute atomic E-state index is 0.0109. The van der Waals surface area contributed by atoms with Gasteiger partial charge in [-0.2, -0.15) is 0 Å². The number of hydrogen-bond donors (Lipinski definition) is 0. The summed E-state index contributed by atoms with van der Waals surface area (Å²) in [6.07, 6.45) is 0.0109. The third kappa shape index (κ3) is 9.72. The van der Waals surface area contributed by atoms with Crippen LogP contribution in [-0.2, 0) is 15.1 Å². The summed E-state index contributed by atoms with van der Waals surface area (Å²) in [5.74, 6) is 0. The lowest BCUT2D eigenvalue weighted by molar-refractivity contribution is -0.0101. The minimum Gasteiger partial charge on any atom is -0.367 e. The van der Waals surface area contributed by atoms with Crippen molar-refractivity contribution in [3.05, 3.63) is 143 Å². The third-order valence-corrected chi connectivity index (χ3v) is 6.88. The average Bonchev–Trinajstić information content (AvgIpc) is 2.97. The lowest BCUT2D eigenvalue weighted by atomic mass is 9.88. The van der Waals surface area contributed by atoms with Gasteiger partial charge in [-0.3, -0.25) is 0 Å². The van der Waals surface area contributed by atoms with Crippen molar-refractivity contribution >= 4 is 0 Å². The predicted molar refractivity (Wildman–Crippen MR) is 168 cm³/mol. The van der Waals surface area contributed by atoms with Crippen LogP contribution in [0.2, 0.25) is 0 Å². The molecule has 4 nitrogen and oxygen atoms in total. The Morgan fingerprint density at radius 2 is 1.00 bits per heavy atom. The van der Waals surface area contributed by atoms with Crippen molar-refractivity contribution in [2.45, 2.75) is 25.6 Å². The average molecular weight is 539 g/mol. The van der Waals surface area contributed by atoms with Crippen LogP contribution in [0.5, 0.6) is 0 Å². The van der Waals surface area contributed by atoms with Gasteiger partial charge in [0.1, 0.15) is 11.7 Å². The molecule has 0 saturated carbocycles. The largest absolute Gasteiger partial charge is 0.367 e. The lowest BCUT2D eigenvalue weighted by Crippen LogP contribution is -2.31. The summed E-state index contributed by atoms with van der Waals surface area (Å²) < 4.78 is 12.4. The molecule has 212 valence electrons. The van der Waals surface area contributed by atoms with Crippen molar-refractivity contribution in [2.75, 3.05) is 54.5 Å². The second kappa shape index (κ2) is 16.1. The van der Waals surface area contributed by atoms with Gasteiger partial charge in [-0.15, -0.1) is 0 Å². The van der Waals surface area contributed by atoms with Gasteiger partial charge in [-0.1, -0.05) is 121 Å². The third-order valence-electron chi connectivity index (χ3n) is 6.88. The van der Waals surface area contributed by atoms with E-state index in [0.29, 0.717) is 6.61 Å². The highest BCUT2D eigenvalue weighted by atomic mass is 16.5. The molecule has 0 bridgehead atoms. The molecule has 4 rings (SSSR count). The van der Waals surface area contributed by atoms with Crippen LogP contribution in [0.3, 0.4) is 0 Å². The number of likely N-dealkylation sites (N-methyl/N-ethyl adjacent to an activating group) is 2.